The first-order chi connectivity index (χ1) is 16.1. The molecule has 1 aromatic carbocycles. The van der Waals surface area contributed by atoms with Crippen molar-refractivity contribution in [2.45, 2.75) is 91.4 Å². The van der Waals surface area contributed by atoms with Crippen molar-refractivity contribution in [2.75, 3.05) is 19.8 Å². The first-order valence-electron chi connectivity index (χ1n) is 12.9. The van der Waals surface area contributed by atoms with Gasteiger partial charge in [-0.05, 0) is 32.8 Å². The van der Waals surface area contributed by atoms with Gasteiger partial charge in [0.05, 0.1) is 19.8 Å². The van der Waals surface area contributed by atoms with E-state index in [1.54, 1.807) is 13.8 Å². The molecule has 5 nitrogen and oxygen atoms in total. The second-order valence-corrected chi connectivity index (χ2v) is 8.25. The van der Waals surface area contributed by atoms with Crippen molar-refractivity contribution in [1.29, 1.82) is 0 Å². The van der Waals surface area contributed by atoms with E-state index in [1.165, 1.54) is 57.8 Å². The van der Waals surface area contributed by atoms with Gasteiger partial charge in [0.2, 0.25) is 0 Å². The Hall–Kier alpha value is -2.30. The molecule has 33 heavy (non-hydrogen) atoms. The van der Waals surface area contributed by atoms with Crippen LogP contribution in [0.4, 0.5) is 0 Å². The first-order valence-corrected chi connectivity index (χ1v) is 12.9. The van der Waals surface area contributed by atoms with Gasteiger partial charge in [-0.25, -0.2) is 0 Å². The minimum absolute atomic E-state index is 0.216. The quantitative estimate of drug-likeness (QED) is 0.125. The molecule has 0 heterocycles. The molecule has 186 valence electrons. The van der Waals surface area contributed by atoms with Gasteiger partial charge in [-0.3, -0.25) is 9.59 Å². The highest BCUT2D eigenvalue weighted by atomic mass is 16.6. The minimum atomic E-state index is -0.959. The molecule has 0 saturated heterocycles. The number of hydrogen-bond donors (Lipinski definition) is 0. The summed E-state index contributed by atoms with van der Waals surface area (Å²) in [6, 6.07) is 7.81. The summed E-state index contributed by atoms with van der Waals surface area (Å²) in [4.78, 5) is 24.2. The average Bonchev–Trinajstić information content (AvgIpc) is 2.81. The Kier molecular flexibility index (Phi) is 16.7. The lowest BCUT2D eigenvalue weighted by atomic mass is 10.1. The Labute approximate surface area is 200 Å². The number of hydrogen-bond acceptors (Lipinski definition) is 5. The van der Waals surface area contributed by atoms with E-state index in [1.807, 2.05) is 24.3 Å². The first kappa shape index (κ1) is 28.7. The zero-order valence-electron chi connectivity index (χ0n) is 21.0. The van der Waals surface area contributed by atoms with E-state index in [-0.39, 0.29) is 26.2 Å². The van der Waals surface area contributed by atoms with Crippen LogP contribution in [0.25, 0.3) is 6.08 Å². The van der Waals surface area contributed by atoms with Crippen LogP contribution in [0.2, 0.25) is 0 Å². The van der Waals surface area contributed by atoms with E-state index in [0.29, 0.717) is 0 Å². The molecule has 0 spiro atoms. The van der Waals surface area contributed by atoms with Gasteiger partial charge in [0.1, 0.15) is 5.75 Å². The van der Waals surface area contributed by atoms with Gasteiger partial charge in [0.15, 0.2) is 5.92 Å². The van der Waals surface area contributed by atoms with Crippen LogP contribution < -0.4 is 4.74 Å². The third-order valence-electron chi connectivity index (χ3n) is 5.50. The van der Waals surface area contributed by atoms with Crippen LogP contribution in [0, 0.1) is 5.92 Å². The number of ether oxygens (including phenoxy) is 3. The van der Waals surface area contributed by atoms with Crippen molar-refractivity contribution in [3.63, 3.8) is 0 Å². The van der Waals surface area contributed by atoms with Crippen molar-refractivity contribution in [2.24, 2.45) is 5.92 Å². The fraction of sp³-hybridized carbons (Fsp3) is 0.643. The molecule has 0 aromatic heterocycles. The van der Waals surface area contributed by atoms with Crippen molar-refractivity contribution in [3.8, 4) is 5.75 Å². The number of benzene rings is 1. The smallest absolute Gasteiger partial charge is 0.320 e. The van der Waals surface area contributed by atoms with Gasteiger partial charge in [-0.2, -0.15) is 0 Å². The number of esters is 2. The topological polar surface area (TPSA) is 61.8 Å². The van der Waals surface area contributed by atoms with Crippen LogP contribution in [-0.4, -0.2) is 31.8 Å². The second kappa shape index (κ2) is 19.2. The van der Waals surface area contributed by atoms with E-state index in [0.717, 1.165) is 17.7 Å². The van der Waals surface area contributed by atoms with E-state index in [4.69, 9.17) is 14.2 Å². The van der Waals surface area contributed by atoms with Crippen molar-refractivity contribution < 1.29 is 23.8 Å². The summed E-state index contributed by atoms with van der Waals surface area (Å²) < 4.78 is 15.9. The minimum Gasteiger partial charge on any atom is -0.493 e. The van der Waals surface area contributed by atoms with Gasteiger partial charge in [0, 0.05) is 12.0 Å². The lowest BCUT2D eigenvalue weighted by Crippen LogP contribution is -2.29. The Morgan fingerprint density at radius 2 is 1.39 bits per heavy atom. The molecule has 0 bridgehead atoms. The van der Waals surface area contributed by atoms with Crippen LogP contribution in [0.3, 0.4) is 0 Å². The van der Waals surface area contributed by atoms with Crippen molar-refractivity contribution in [1.82, 2.24) is 0 Å². The van der Waals surface area contributed by atoms with E-state index >= 15 is 0 Å². The standard InChI is InChI=1S/C28H44O5/c1-4-7-8-9-10-11-12-13-14-15-16-19-24-20-17-18-21-26(24)33-23-22-25(27(29)31-5-2)28(30)32-6-3/h16-21,25H,4-15,22-23H2,1-3H3/b19-16-. The molecular formula is C28H44O5. The van der Waals surface area contributed by atoms with E-state index in [9.17, 15) is 9.59 Å². The Balaban J connectivity index is 2.41. The van der Waals surface area contributed by atoms with Gasteiger partial charge in [-0.1, -0.05) is 88.6 Å². The molecule has 0 N–H and O–H groups in total. The summed E-state index contributed by atoms with van der Waals surface area (Å²) in [6.45, 7) is 6.36. The van der Waals surface area contributed by atoms with E-state index in [2.05, 4.69) is 19.1 Å². The molecule has 0 unspecified atom stereocenters. The Bertz CT molecular complexity index is 665. The fourth-order valence-corrected chi connectivity index (χ4v) is 3.64. The largest absolute Gasteiger partial charge is 0.493 e. The van der Waals surface area contributed by atoms with Crippen molar-refractivity contribution in [3.05, 3.63) is 35.9 Å². The number of unbranched alkanes of at least 4 members (excludes halogenated alkanes) is 9. The molecule has 0 aliphatic carbocycles. The molecule has 0 saturated carbocycles. The number of rotatable bonds is 19. The van der Waals surface area contributed by atoms with Gasteiger partial charge >= 0.3 is 11.9 Å². The Morgan fingerprint density at radius 1 is 0.818 bits per heavy atom. The molecule has 1 rings (SSSR count). The highest BCUT2D eigenvalue weighted by Gasteiger charge is 2.29. The summed E-state index contributed by atoms with van der Waals surface area (Å²) in [7, 11) is 0. The molecule has 0 aliphatic heterocycles. The highest BCUT2D eigenvalue weighted by Crippen LogP contribution is 2.21. The Morgan fingerprint density at radius 3 is 2.00 bits per heavy atom. The molecule has 0 amide bonds. The second-order valence-electron chi connectivity index (χ2n) is 8.25. The van der Waals surface area contributed by atoms with Crippen LogP contribution >= 0.6 is 0 Å². The van der Waals surface area contributed by atoms with Crippen LogP contribution in [0.15, 0.2) is 30.3 Å². The predicted molar refractivity (Wildman–Crippen MR) is 134 cm³/mol. The summed E-state index contributed by atoms with van der Waals surface area (Å²) in [6.07, 6.45) is 17.5. The third-order valence-corrected chi connectivity index (χ3v) is 5.50. The molecule has 0 atom stereocenters. The number of carbonyl (C=O) groups excluding carboxylic acids is 2. The molecule has 0 fully saturated rings. The lowest BCUT2D eigenvalue weighted by Gasteiger charge is -2.15. The molecule has 0 aliphatic rings. The summed E-state index contributed by atoms with van der Waals surface area (Å²) in [5.41, 5.74) is 0.997. The lowest BCUT2D eigenvalue weighted by molar-refractivity contribution is -0.162. The normalized spacial score (nSPS) is 11.2. The van der Waals surface area contributed by atoms with Crippen LogP contribution in [0.5, 0.6) is 5.75 Å². The van der Waals surface area contributed by atoms with Gasteiger partial charge in [0.25, 0.3) is 0 Å². The number of allylic oxidation sites excluding steroid dienone is 1. The maximum absolute atomic E-state index is 12.1. The third kappa shape index (κ3) is 13.1. The average molecular weight is 461 g/mol. The van der Waals surface area contributed by atoms with E-state index < -0.39 is 17.9 Å². The zero-order chi connectivity index (χ0) is 24.2. The SMILES string of the molecule is CCCCCCCCCCC/C=C\c1ccccc1OCCC(C(=O)OCC)C(=O)OCC. The summed E-state index contributed by atoms with van der Waals surface area (Å²) in [5, 5.41) is 0. The summed E-state index contributed by atoms with van der Waals surface area (Å²) in [5.74, 6) is -1.34. The van der Waals surface area contributed by atoms with Crippen molar-refractivity contribution >= 4 is 18.0 Å². The van der Waals surface area contributed by atoms with Gasteiger partial charge in [-0.15, -0.1) is 0 Å². The monoisotopic (exact) mass is 460 g/mol. The number of para-hydroxylation sites is 1. The molecule has 1 aromatic rings. The molecular weight excluding hydrogens is 416 g/mol. The summed E-state index contributed by atoms with van der Waals surface area (Å²) >= 11 is 0. The predicted octanol–water partition coefficient (Wildman–Crippen LogP) is 7.13. The van der Waals surface area contributed by atoms with Gasteiger partial charge < -0.3 is 14.2 Å². The number of carbonyl (C=O) groups is 2. The van der Waals surface area contributed by atoms with Crippen LogP contribution in [0.1, 0.15) is 97.0 Å². The maximum atomic E-state index is 12.1. The molecule has 5 heteroatoms. The molecule has 0 radical (unpaired) electrons. The maximum Gasteiger partial charge on any atom is 0.320 e. The van der Waals surface area contributed by atoms with Crippen LogP contribution in [-0.2, 0) is 19.1 Å². The fourth-order valence-electron chi connectivity index (χ4n) is 3.64. The highest BCUT2D eigenvalue weighted by molar-refractivity contribution is 5.94. The zero-order valence-corrected chi connectivity index (χ0v) is 21.0.